The van der Waals surface area contributed by atoms with Crippen molar-refractivity contribution in [2.75, 3.05) is 16.6 Å². The maximum absolute atomic E-state index is 12.8. The minimum atomic E-state index is -4.71. The number of urea groups is 1. The van der Waals surface area contributed by atoms with Gasteiger partial charge in [-0.1, -0.05) is 17.7 Å². The van der Waals surface area contributed by atoms with E-state index in [0.29, 0.717) is 17.8 Å². The van der Waals surface area contributed by atoms with Crippen molar-refractivity contribution in [2.24, 2.45) is 0 Å². The van der Waals surface area contributed by atoms with Crippen LogP contribution < -0.4 is 15.4 Å². The highest BCUT2D eigenvalue weighted by Gasteiger charge is 2.32. The van der Waals surface area contributed by atoms with E-state index in [0.717, 1.165) is 6.07 Å². The number of benzene rings is 2. The number of nitrogens with one attached hydrogen (secondary N) is 3. The number of halogens is 4. The predicted molar refractivity (Wildman–Crippen MR) is 101 cm³/mol. The zero-order chi connectivity index (χ0) is 20.9. The predicted octanol–water partition coefficient (Wildman–Crippen LogP) is 4.47. The third-order valence-corrected chi connectivity index (χ3v) is 5.21. The molecule has 0 bridgehead atoms. The smallest absolute Gasteiger partial charge is 0.334 e. The monoisotopic (exact) mass is 433 g/mol. The molecule has 0 aliphatic carbocycles. The van der Waals surface area contributed by atoms with Crippen LogP contribution in [-0.2, 0) is 16.2 Å². The highest BCUT2D eigenvalue weighted by atomic mass is 35.5. The molecule has 0 unspecified atom stereocenters. The standard InChI is InChI=1S/C17H15ClF3N3O3S/c1-2-9-22-16(25)23-12-4-6-13(7-5-12)24-28(26,27)15-10-11(17(19,20)21)3-8-14(15)18/h2-8,10,24H,1,9H2,(H2,22,23,25). The Bertz CT molecular complexity index is 977. The Hall–Kier alpha value is -2.72. The Morgan fingerprint density at radius 2 is 1.71 bits per heavy atom. The van der Waals surface area contributed by atoms with Gasteiger partial charge < -0.3 is 10.6 Å². The van der Waals surface area contributed by atoms with E-state index in [2.05, 4.69) is 21.9 Å². The second-order valence-corrected chi connectivity index (χ2v) is 7.51. The molecular formula is C17H15ClF3N3O3S. The molecule has 0 atom stereocenters. The molecule has 0 saturated carbocycles. The van der Waals surface area contributed by atoms with Crippen molar-refractivity contribution in [3.05, 3.63) is 65.7 Å². The Balaban J connectivity index is 2.19. The molecule has 150 valence electrons. The molecule has 0 aliphatic rings. The van der Waals surface area contributed by atoms with Crippen molar-refractivity contribution >= 4 is 39.0 Å². The molecule has 0 radical (unpaired) electrons. The molecule has 3 N–H and O–H groups in total. The van der Waals surface area contributed by atoms with Gasteiger partial charge in [-0.05, 0) is 42.5 Å². The maximum Gasteiger partial charge on any atom is 0.416 e. The third-order valence-electron chi connectivity index (χ3n) is 3.35. The number of rotatable bonds is 6. The summed E-state index contributed by atoms with van der Waals surface area (Å²) in [6.07, 6.45) is -3.22. The second-order valence-electron chi connectivity index (χ2n) is 5.45. The lowest BCUT2D eigenvalue weighted by atomic mass is 10.2. The van der Waals surface area contributed by atoms with Crippen LogP contribution in [0.2, 0.25) is 5.02 Å². The first-order valence-corrected chi connectivity index (χ1v) is 9.54. The largest absolute Gasteiger partial charge is 0.416 e. The van der Waals surface area contributed by atoms with Gasteiger partial charge in [-0.3, -0.25) is 4.72 Å². The lowest BCUT2D eigenvalue weighted by Gasteiger charge is -2.13. The zero-order valence-electron chi connectivity index (χ0n) is 14.2. The number of alkyl halides is 3. The van der Waals surface area contributed by atoms with Crippen molar-refractivity contribution in [3.8, 4) is 0 Å². The van der Waals surface area contributed by atoms with Crippen molar-refractivity contribution in [2.45, 2.75) is 11.1 Å². The molecule has 2 rings (SSSR count). The van der Waals surface area contributed by atoms with E-state index in [1.165, 1.54) is 30.3 Å². The van der Waals surface area contributed by atoms with Crippen LogP contribution in [0.15, 0.2) is 60.0 Å². The summed E-state index contributed by atoms with van der Waals surface area (Å²) < 4.78 is 65.5. The fraction of sp³-hybridized carbons (Fsp3) is 0.118. The number of anilines is 2. The fourth-order valence-corrected chi connectivity index (χ4v) is 3.64. The van der Waals surface area contributed by atoms with E-state index >= 15 is 0 Å². The number of sulfonamides is 1. The Kier molecular flexibility index (Phi) is 6.57. The van der Waals surface area contributed by atoms with E-state index in [9.17, 15) is 26.4 Å². The van der Waals surface area contributed by atoms with Crippen molar-refractivity contribution in [3.63, 3.8) is 0 Å². The van der Waals surface area contributed by atoms with Gasteiger partial charge in [0.25, 0.3) is 10.0 Å². The van der Waals surface area contributed by atoms with Gasteiger partial charge >= 0.3 is 12.2 Å². The quantitative estimate of drug-likeness (QED) is 0.587. The van der Waals surface area contributed by atoms with Crippen LogP contribution in [0.25, 0.3) is 0 Å². The van der Waals surface area contributed by atoms with Crippen LogP contribution >= 0.6 is 11.6 Å². The Morgan fingerprint density at radius 3 is 2.29 bits per heavy atom. The molecule has 2 amide bonds. The summed E-state index contributed by atoms with van der Waals surface area (Å²) >= 11 is 5.77. The van der Waals surface area contributed by atoms with Crippen LogP contribution in [0.5, 0.6) is 0 Å². The van der Waals surface area contributed by atoms with E-state index in [1.54, 1.807) is 0 Å². The second kappa shape index (κ2) is 8.53. The first-order valence-electron chi connectivity index (χ1n) is 7.68. The number of hydrogen-bond acceptors (Lipinski definition) is 3. The molecule has 0 fully saturated rings. The molecule has 28 heavy (non-hydrogen) atoms. The van der Waals surface area contributed by atoms with Crippen LogP contribution in [0.1, 0.15) is 5.56 Å². The maximum atomic E-state index is 12.8. The highest BCUT2D eigenvalue weighted by Crippen LogP contribution is 2.34. The highest BCUT2D eigenvalue weighted by molar-refractivity contribution is 7.92. The molecule has 6 nitrogen and oxygen atoms in total. The summed E-state index contributed by atoms with van der Waals surface area (Å²) in [5.41, 5.74) is -0.686. The molecule has 0 spiro atoms. The van der Waals surface area contributed by atoms with Crippen LogP contribution in [0, 0.1) is 0 Å². The molecule has 2 aromatic rings. The fourth-order valence-electron chi connectivity index (χ4n) is 2.06. The van der Waals surface area contributed by atoms with Gasteiger partial charge in [0, 0.05) is 17.9 Å². The minimum absolute atomic E-state index is 0.0746. The van der Waals surface area contributed by atoms with E-state index in [1.807, 2.05) is 0 Å². The number of carbonyl (C=O) groups excluding carboxylic acids is 1. The summed E-state index contributed by atoms with van der Waals surface area (Å²) in [5, 5.41) is 4.65. The minimum Gasteiger partial charge on any atom is -0.334 e. The van der Waals surface area contributed by atoms with Crippen LogP contribution in [-0.4, -0.2) is 21.0 Å². The Labute approximate surface area is 164 Å². The SMILES string of the molecule is C=CCNC(=O)Nc1ccc(NS(=O)(=O)c2cc(C(F)(F)F)ccc2Cl)cc1. The van der Waals surface area contributed by atoms with Gasteiger partial charge in [-0.25, -0.2) is 13.2 Å². The summed E-state index contributed by atoms with van der Waals surface area (Å²) in [5.74, 6) is 0. The van der Waals surface area contributed by atoms with Crippen molar-refractivity contribution in [1.29, 1.82) is 0 Å². The molecule has 0 saturated heterocycles. The summed E-state index contributed by atoms with van der Waals surface area (Å²) in [4.78, 5) is 10.8. The molecule has 11 heteroatoms. The normalized spacial score (nSPS) is 11.6. The molecular weight excluding hydrogens is 419 g/mol. The summed E-state index contributed by atoms with van der Waals surface area (Å²) in [6, 6.07) is 7.05. The van der Waals surface area contributed by atoms with Crippen LogP contribution in [0.3, 0.4) is 0 Å². The molecule has 0 heterocycles. The van der Waals surface area contributed by atoms with Gasteiger partial charge in [0.05, 0.1) is 10.6 Å². The van der Waals surface area contributed by atoms with Crippen molar-refractivity contribution < 1.29 is 26.4 Å². The van der Waals surface area contributed by atoms with Gasteiger partial charge in [0.1, 0.15) is 4.90 Å². The average molecular weight is 434 g/mol. The topological polar surface area (TPSA) is 87.3 Å². The lowest BCUT2D eigenvalue weighted by molar-refractivity contribution is -0.137. The van der Waals surface area contributed by atoms with Gasteiger partial charge in [-0.15, -0.1) is 6.58 Å². The first-order chi connectivity index (χ1) is 13.0. The third kappa shape index (κ3) is 5.64. The summed E-state index contributed by atoms with van der Waals surface area (Å²) in [6.45, 7) is 3.72. The van der Waals surface area contributed by atoms with E-state index in [4.69, 9.17) is 11.6 Å². The van der Waals surface area contributed by atoms with E-state index < -0.39 is 32.7 Å². The number of carbonyl (C=O) groups is 1. The van der Waals surface area contributed by atoms with Gasteiger partial charge in [-0.2, -0.15) is 13.2 Å². The van der Waals surface area contributed by atoms with Gasteiger partial charge in [0.15, 0.2) is 0 Å². The summed E-state index contributed by atoms with van der Waals surface area (Å²) in [7, 11) is -4.37. The van der Waals surface area contributed by atoms with E-state index in [-0.39, 0.29) is 17.3 Å². The number of hydrogen-bond donors (Lipinski definition) is 3. The molecule has 0 aromatic heterocycles. The number of amides is 2. The average Bonchev–Trinajstić information content (AvgIpc) is 2.60. The lowest BCUT2D eigenvalue weighted by Crippen LogP contribution is -2.28. The van der Waals surface area contributed by atoms with Crippen LogP contribution in [0.4, 0.5) is 29.3 Å². The van der Waals surface area contributed by atoms with Crippen molar-refractivity contribution in [1.82, 2.24) is 5.32 Å². The molecule has 0 aliphatic heterocycles. The zero-order valence-corrected chi connectivity index (χ0v) is 15.8. The van der Waals surface area contributed by atoms with Gasteiger partial charge in [0.2, 0.25) is 0 Å². The Morgan fingerprint density at radius 1 is 1.11 bits per heavy atom. The first kappa shape index (κ1) is 21.6. The molecule has 2 aromatic carbocycles.